The second-order valence-corrected chi connectivity index (χ2v) is 5.53. The fraction of sp³-hybridized carbons (Fsp3) is 0.200. The smallest absolute Gasteiger partial charge is 0.164 e. The first-order valence-corrected chi connectivity index (χ1v) is 6.85. The van der Waals surface area contributed by atoms with Gasteiger partial charge in [-0.15, -0.1) is 11.6 Å². The summed E-state index contributed by atoms with van der Waals surface area (Å²) in [6, 6.07) is 5.54. The average molecular weight is 308 g/mol. The molecular formula is C15H12ClF2N3. The summed E-state index contributed by atoms with van der Waals surface area (Å²) in [5, 5.41) is -0.396. The van der Waals surface area contributed by atoms with E-state index >= 15 is 0 Å². The number of fused-ring (bicyclic) bond motifs is 1. The largest absolute Gasteiger partial charge is 0.279 e. The van der Waals surface area contributed by atoms with E-state index in [1.54, 1.807) is 17.7 Å². The van der Waals surface area contributed by atoms with Gasteiger partial charge in [0.25, 0.3) is 0 Å². The van der Waals surface area contributed by atoms with Crippen LogP contribution >= 0.6 is 11.6 Å². The van der Waals surface area contributed by atoms with Crippen LogP contribution in [0.1, 0.15) is 23.7 Å². The molecule has 3 rings (SSSR count). The highest BCUT2D eigenvalue weighted by atomic mass is 35.5. The van der Waals surface area contributed by atoms with Crippen LogP contribution in [0, 0.1) is 18.6 Å². The van der Waals surface area contributed by atoms with E-state index in [2.05, 4.69) is 9.97 Å². The second kappa shape index (κ2) is 5.07. The minimum absolute atomic E-state index is 0.396. The van der Waals surface area contributed by atoms with E-state index in [-0.39, 0.29) is 0 Å². The van der Waals surface area contributed by atoms with Crippen molar-refractivity contribution < 1.29 is 8.78 Å². The van der Waals surface area contributed by atoms with Crippen molar-refractivity contribution >= 4 is 22.8 Å². The molecule has 0 radical (unpaired) electrons. The van der Waals surface area contributed by atoms with Crippen LogP contribution in [-0.2, 0) is 0 Å². The van der Waals surface area contributed by atoms with Gasteiger partial charge >= 0.3 is 0 Å². The van der Waals surface area contributed by atoms with Gasteiger partial charge in [0, 0.05) is 12.3 Å². The number of pyridine rings is 1. The maximum absolute atomic E-state index is 13.5. The van der Waals surface area contributed by atoms with E-state index in [1.165, 1.54) is 6.07 Å². The number of hydrogen-bond donors (Lipinski definition) is 0. The molecular weight excluding hydrogens is 296 g/mol. The third-order valence-corrected chi connectivity index (χ3v) is 3.37. The van der Waals surface area contributed by atoms with Gasteiger partial charge < -0.3 is 0 Å². The fourth-order valence-corrected chi connectivity index (χ4v) is 2.37. The number of halogens is 3. The lowest BCUT2D eigenvalue weighted by Crippen LogP contribution is -2.03. The minimum atomic E-state index is -0.922. The molecule has 3 aromatic rings. The first kappa shape index (κ1) is 13.9. The van der Waals surface area contributed by atoms with Crippen molar-refractivity contribution in [3.63, 3.8) is 0 Å². The average Bonchev–Trinajstić information content (AvgIpc) is 2.80. The van der Waals surface area contributed by atoms with Gasteiger partial charge in [0.15, 0.2) is 17.3 Å². The number of rotatable bonds is 2. The molecule has 0 N–H and O–H groups in total. The zero-order valence-corrected chi connectivity index (χ0v) is 12.2. The molecule has 1 unspecified atom stereocenters. The van der Waals surface area contributed by atoms with Crippen LogP contribution in [0.5, 0.6) is 0 Å². The van der Waals surface area contributed by atoms with E-state index < -0.39 is 17.0 Å². The SMILES string of the molecule is Cc1cnc2c(c1)nc(C(C)Cl)n2-c1ccc(F)c(F)c1. The predicted octanol–water partition coefficient (Wildman–Crippen LogP) is 4.31. The summed E-state index contributed by atoms with van der Waals surface area (Å²) in [5.74, 6) is -1.28. The van der Waals surface area contributed by atoms with Gasteiger partial charge in [0.2, 0.25) is 0 Å². The Labute approximate surface area is 125 Å². The van der Waals surface area contributed by atoms with Crippen molar-refractivity contribution in [1.29, 1.82) is 0 Å². The number of aryl methyl sites for hydroxylation is 1. The molecule has 108 valence electrons. The normalized spacial score (nSPS) is 12.8. The number of benzene rings is 1. The molecule has 0 aliphatic heterocycles. The van der Waals surface area contributed by atoms with Crippen LogP contribution in [-0.4, -0.2) is 14.5 Å². The Balaban J connectivity index is 2.33. The Morgan fingerprint density at radius 1 is 1.19 bits per heavy atom. The lowest BCUT2D eigenvalue weighted by molar-refractivity contribution is 0.508. The minimum Gasteiger partial charge on any atom is -0.279 e. The van der Waals surface area contributed by atoms with Gasteiger partial charge in [-0.05, 0) is 37.6 Å². The van der Waals surface area contributed by atoms with E-state index in [4.69, 9.17) is 11.6 Å². The Morgan fingerprint density at radius 2 is 1.95 bits per heavy atom. The standard InChI is InChI=1S/C15H12ClF2N3/c1-8-5-13-15(19-7-8)21(14(20-13)9(2)16)10-3-4-11(17)12(18)6-10/h3-7,9H,1-2H3. The number of alkyl halides is 1. The number of aromatic nitrogens is 3. The number of hydrogen-bond acceptors (Lipinski definition) is 2. The fourth-order valence-electron chi connectivity index (χ4n) is 2.23. The lowest BCUT2D eigenvalue weighted by Gasteiger charge is -2.10. The summed E-state index contributed by atoms with van der Waals surface area (Å²) in [6.45, 7) is 3.68. The third-order valence-electron chi connectivity index (χ3n) is 3.18. The third kappa shape index (κ3) is 2.38. The molecule has 0 aliphatic carbocycles. The zero-order chi connectivity index (χ0) is 15.1. The quantitative estimate of drug-likeness (QED) is 0.661. The van der Waals surface area contributed by atoms with Crippen molar-refractivity contribution in [3.8, 4) is 5.69 Å². The number of imidazole rings is 1. The summed E-state index contributed by atoms with van der Waals surface area (Å²) in [4.78, 5) is 8.79. The van der Waals surface area contributed by atoms with Crippen LogP contribution < -0.4 is 0 Å². The van der Waals surface area contributed by atoms with E-state index in [0.717, 1.165) is 17.7 Å². The van der Waals surface area contributed by atoms with Gasteiger partial charge in [-0.25, -0.2) is 18.7 Å². The maximum Gasteiger partial charge on any atom is 0.164 e. The summed E-state index contributed by atoms with van der Waals surface area (Å²) >= 11 is 6.16. The second-order valence-electron chi connectivity index (χ2n) is 4.88. The Kier molecular flexibility index (Phi) is 3.37. The molecule has 0 fully saturated rings. The Morgan fingerprint density at radius 3 is 2.62 bits per heavy atom. The molecule has 0 aliphatic rings. The molecule has 3 nitrogen and oxygen atoms in total. The van der Waals surface area contributed by atoms with Crippen LogP contribution in [0.2, 0.25) is 0 Å². The van der Waals surface area contributed by atoms with E-state index in [9.17, 15) is 8.78 Å². The molecule has 0 spiro atoms. The molecule has 0 bridgehead atoms. The molecule has 21 heavy (non-hydrogen) atoms. The van der Waals surface area contributed by atoms with Gasteiger partial charge in [0.1, 0.15) is 11.3 Å². The van der Waals surface area contributed by atoms with Crippen molar-refractivity contribution in [2.75, 3.05) is 0 Å². The molecule has 0 amide bonds. The molecule has 2 heterocycles. The van der Waals surface area contributed by atoms with Gasteiger partial charge in [0.05, 0.1) is 11.1 Å². The van der Waals surface area contributed by atoms with Crippen molar-refractivity contribution in [2.24, 2.45) is 0 Å². The Hall–Kier alpha value is -2.01. The summed E-state index contributed by atoms with van der Waals surface area (Å²) < 4.78 is 28.3. The molecule has 0 saturated carbocycles. The summed E-state index contributed by atoms with van der Waals surface area (Å²) in [5.41, 5.74) is 2.64. The van der Waals surface area contributed by atoms with Crippen molar-refractivity contribution in [3.05, 3.63) is 53.5 Å². The summed E-state index contributed by atoms with van der Waals surface area (Å²) in [6.07, 6.45) is 1.70. The summed E-state index contributed by atoms with van der Waals surface area (Å²) in [7, 11) is 0. The first-order chi connectivity index (χ1) is 9.97. The van der Waals surface area contributed by atoms with Crippen LogP contribution in [0.15, 0.2) is 30.5 Å². The molecule has 1 atom stereocenters. The zero-order valence-electron chi connectivity index (χ0n) is 11.4. The lowest BCUT2D eigenvalue weighted by atomic mass is 10.2. The topological polar surface area (TPSA) is 30.7 Å². The molecule has 1 aromatic carbocycles. The van der Waals surface area contributed by atoms with Gasteiger partial charge in [-0.3, -0.25) is 4.57 Å². The van der Waals surface area contributed by atoms with Gasteiger partial charge in [-0.2, -0.15) is 0 Å². The maximum atomic E-state index is 13.5. The van der Waals surface area contributed by atoms with Gasteiger partial charge in [-0.1, -0.05) is 0 Å². The van der Waals surface area contributed by atoms with Crippen molar-refractivity contribution in [2.45, 2.75) is 19.2 Å². The highest BCUT2D eigenvalue weighted by molar-refractivity contribution is 6.20. The van der Waals surface area contributed by atoms with Crippen molar-refractivity contribution in [1.82, 2.24) is 14.5 Å². The molecule has 6 heteroatoms. The monoisotopic (exact) mass is 307 g/mol. The highest BCUT2D eigenvalue weighted by Crippen LogP contribution is 2.28. The number of nitrogens with zero attached hydrogens (tertiary/aromatic N) is 3. The highest BCUT2D eigenvalue weighted by Gasteiger charge is 2.18. The first-order valence-electron chi connectivity index (χ1n) is 6.42. The van der Waals surface area contributed by atoms with Crippen LogP contribution in [0.3, 0.4) is 0 Å². The van der Waals surface area contributed by atoms with E-state index in [1.807, 2.05) is 13.0 Å². The predicted molar refractivity (Wildman–Crippen MR) is 77.8 cm³/mol. The molecule has 2 aromatic heterocycles. The van der Waals surface area contributed by atoms with Crippen LogP contribution in [0.4, 0.5) is 8.78 Å². The van der Waals surface area contributed by atoms with E-state index in [0.29, 0.717) is 22.7 Å². The van der Waals surface area contributed by atoms with Crippen LogP contribution in [0.25, 0.3) is 16.9 Å². The molecule has 0 saturated heterocycles. The Bertz CT molecular complexity index is 827.